The number of likely N-dealkylation sites (tertiary alicyclic amines) is 1. The van der Waals surface area contributed by atoms with Crippen LogP contribution >= 0.6 is 0 Å². The van der Waals surface area contributed by atoms with Gasteiger partial charge in [-0.25, -0.2) is 0 Å². The number of rotatable bonds is 5. The highest BCUT2D eigenvalue weighted by molar-refractivity contribution is 5.29. The highest BCUT2D eigenvalue weighted by Gasteiger charge is 2.18. The first-order valence-electron chi connectivity index (χ1n) is 7.78. The SMILES string of the molecule is Cc1cc(=O)c(O)c(CN2CCCCC2)n1CCN(C)C. The fraction of sp³-hybridized carbons (Fsp3) is 0.688. The van der Waals surface area contributed by atoms with Gasteiger partial charge in [-0.15, -0.1) is 0 Å². The number of aromatic nitrogens is 1. The molecule has 118 valence electrons. The van der Waals surface area contributed by atoms with Crippen molar-refractivity contribution in [1.82, 2.24) is 14.4 Å². The summed E-state index contributed by atoms with van der Waals surface area (Å²) in [6.45, 7) is 6.38. The van der Waals surface area contributed by atoms with Crippen molar-refractivity contribution in [3.8, 4) is 5.75 Å². The van der Waals surface area contributed by atoms with Gasteiger partial charge in [0.2, 0.25) is 5.43 Å². The largest absolute Gasteiger partial charge is 0.503 e. The number of aryl methyl sites for hydroxylation is 1. The summed E-state index contributed by atoms with van der Waals surface area (Å²) in [6.07, 6.45) is 3.69. The number of piperidine rings is 1. The van der Waals surface area contributed by atoms with Crippen molar-refractivity contribution in [1.29, 1.82) is 0 Å². The first-order valence-corrected chi connectivity index (χ1v) is 7.78. The highest BCUT2D eigenvalue weighted by Crippen LogP contribution is 2.19. The summed E-state index contributed by atoms with van der Waals surface area (Å²) in [6, 6.07) is 1.53. The quantitative estimate of drug-likeness (QED) is 0.892. The molecule has 21 heavy (non-hydrogen) atoms. The van der Waals surface area contributed by atoms with Crippen molar-refractivity contribution >= 4 is 0 Å². The summed E-state index contributed by atoms with van der Waals surface area (Å²) in [5.74, 6) is -0.0788. The Bertz CT molecular complexity index is 531. The van der Waals surface area contributed by atoms with E-state index in [4.69, 9.17) is 0 Å². The van der Waals surface area contributed by atoms with E-state index >= 15 is 0 Å². The Morgan fingerprint density at radius 3 is 2.52 bits per heavy atom. The Labute approximate surface area is 126 Å². The van der Waals surface area contributed by atoms with Crippen molar-refractivity contribution < 1.29 is 5.11 Å². The van der Waals surface area contributed by atoms with Crippen molar-refractivity contribution in [2.24, 2.45) is 0 Å². The average molecular weight is 293 g/mol. The van der Waals surface area contributed by atoms with Crippen LogP contribution in [0.1, 0.15) is 30.7 Å². The van der Waals surface area contributed by atoms with E-state index in [0.29, 0.717) is 6.54 Å². The maximum absolute atomic E-state index is 11.9. The van der Waals surface area contributed by atoms with E-state index in [0.717, 1.165) is 37.6 Å². The molecule has 0 unspecified atom stereocenters. The summed E-state index contributed by atoms with van der Waals surface area (Å²) >= 11 is 0. The molecule has 2 rings (SSSR count). The van der Waals surface area contributed by atoms with Gasteiger partial charge in [0.25, 0.3) is 0 Å². The van der Waals surface area contributed by atoms with Crippen molar-refractivity contribution in [2.45, 2.75) is 39.3 Å². The first kappa shape index (κ1) is 16.0. The topological polar surface area (TPSA) is 48.7 Å². The third-order valence-electron chi connectivity index (χ3n) is 4.19. The molecule has 1 N–H and O–H groups in total. The third kappa shape index (κ3) is 4.08. The van der Waals surface area contributed by atoms with Crippen molar-refractivity contribution in [2.75, 3.05) is 33.7 Å². The Hall–Kier alpha value is -1.33. The fourth-order valence-electron chi connectivity index (χ4n) is 2.92. The van der Waals surface area contributed by atoms with Gasteiger partial charge in [0.15, 0.2) is 5.75 Å². The zero-order valence-electron chi connectivity index (χ0n) is 13.4. The summed E-state index contributed by atoms with van der Waals surface area (Å²) in [4.78, 5) is 16.3. The monoisotopic (exact) mass is 293 g/mol. The lowest BCUT2D eigenvalue weighted by molar-refractivity contribution is 0.210. The Morgan fingerprint density at radius 2 is 1.90 bits per heavy atom. The first-order chi connectivity index (χ1) is 9.99. The number of pyridine rings is 1. The molecule has 0 atom stereocenters. The molecule has 5 nitrogen and oxygen atoms in total. The van der Waals surface area contributed by atoms with Gasteiger partial charge in [-0.1, -0.05) is 6.42 Å². The Kier molecular flexibility index (Phi) is 5.42. The molecule has 1 aliphatic rings. The summed E-state index contributed by atoms with van der Waals surface area (Å²) < 4.78 is 2.09. The van der Waals surface area contributed by atoms with Gasteiger partial charge in [-0.3, -0.25) is 9.69 Å². The minimum Gasteiger partial charge on any atom is -0.503 e. The second-order valence-electron chi connectivity index (χ2n) is 6.24. The highest BCUT2D eigenvalue weighted by atomic mass is 16.3. The van der Waals surface area contributed by atoms with Crippen molar-refractivity contribution in [3.05, 3.63) is 27.7 Å². The molecule has 0 amide bonds. The van der Waals surface area contributed by atoms with Gasteiger partial charge in [0.05, 0.1) is 5.69 Å². The molecule has 0 aliphatic carbocycles. The lowest BCUT2D eigenvalue weighted by atomic mass is 10.1. The lowest BCUT2D eigenvalue weighted by Gasteiger charge is -2.29. The summed E-state index contributed by atoms with van der Waals surface area (Å²) in [5, 5.41) is 10.2. The predicted molar refractivity (Wildman–Crippen MR) is 84.8 cm³/mol. The Morgan fingerprint density at radius 1 is 1.24 bits per heavy atom. The minimum absolute atomic E-state index is 0.0788. The van der Waals surface area contributed by atoms with Gasteiger partial charge in [0.1, 0.15) is 0 Å². The van der Waals surface area contributed by atoms with Gasteiger partial charge < -0.3 is 14.6 Å². The van der Waals surface area contributed by atoms with Crippen molar-refractivity contribution in [3.63, 3.8) is 0 Å². The van der Waals surface area contributed by atoms with E-state index in [1.807, 2.05) is 21.0 Å². The molecule has 2 heterocycles. The molecule has 0 spiro atoms. The van der Waals surface area contributed by atoms with Crippen LogP contribution in [0.25, 0.3) is 0 Å². The van der Waals surface area contributed by atoms with Crippen LogP contribution in [0.5, 0.6) is 5.75 Å². The second kappa shape index (κ2) is 7.09. The lowest BCUT2D eigenvalue weighted by Crippen LogP contribution is -2.32. The molecule has 0 bridgehead atoms. The standard InChI is InChI=1S/C16H27N3O2/c1-13-11-15(20)16(21)14(19(13)10-9-17(2)3)12-18-7-5-4-6-8-18/h11,21H,4-10,12H2,1-3H3. The van der Waals surface area contributed by atoms with Crippen LogP contribution in [0.15, 0.2) is 10.9 Å². The van der Waals surface area contributed by atoms with Crippen LogP contribution in [-0.2, 0) is 13.1 Å². The van der Waals surface area contributed by atoms with Gasteiger partial charge in [0, 0.05) is 31.4 Å². The molecular formula is C16H27N3O2. The summed E-state index contributed by atoms with van der Waals surface area (Å²) in [7, 11) is 4.06. The Balaban J connectivity index is 2.28. The maximum atomic E-state index is 11.9. The van der Waals surface area contributed by atoms with Gasteiger partial charge in [-0.2, -0.15) is 0 Å². The summed E-state index contributed by atoms with van der Waals surface area (Å²) in [5.41, 5.74) is 1.43. The zero-order valence-corrected chi connectivity index (χ0v) is 13.4. The number of likely N-dealkylation sites (N-methyl/N-ethyl adjacent to an activating group) is 1. The smallest absolute Gasteiger partial charge is 0.223 e. The van der Waals surface area contributed by atoms with E-state index in [-0.39, 0.29) is 11.2 Å². The normalized spacial score (nSPS) is 16.6. The maximum Gasteiger partial charge on any atom is 0.223 e. The van der Waals surface area contributed by atoms with Gasteiger partial charge >= 0.3 is 0 Å². The van der Waals surface area contributed by atoms with Crippen LogP contribution in [0.2, 0.25) is 0 Å². The van der Waals surface area contributed by atoms with Gasteiger partial charge in [-0.05, 0) is 47.0 Å². The fourth-order valence-corrected chi connectivity index (χ4v) is 2.92. The molecule has 1 aromatic heterocycles. The number of hydrogen-bond donors (Lipinski definition) is 1. The molecular weight excluding hydrogens is 266 g/mol. The third-order valence-corrected chi connectivity index (χ3v) is 4.19. The molecule has 0 aromatic carbocycles. The molecule has 1 fully saturated rings. The molecule has 5 heteroatoms. The molecule has 1 aliphatic heterocycles. The van der Waals surface area contributed by atoms with Crippen LogP contribution in [-0.4, -0.2) is 53.2 Å². The average Bonchev–Trinajstić information content (AvgIpc) is 2.45. The predicted octanol–water partition coefficient (Wildman–Crippen LogP) is 1.41. The van der Waals surface area contributed by atoms with Crippen LogP contribution in [0.3, 0.4) is 0 Å². The minimum atomic E-state index is -0.263. The molecule has 0 saturated carbocycles. The van der Waals surface area contributed by atoms with E-state index < -0.39 is 0 Å². The van der Waals surface area contributed by atoms with E-state index in [2.05, 4.69) is 14.4 Å². The van der Waals surface area contributed by atoms with E-state index in [1.54, 1.807) is 0 Å². The number of hydrogen-bond acceptors (Lipinski definition) is 4. The van der Waals surface area contributed by atoms with E-state index in [1.165, 1.54) is 25.3 Å². The number of nitrogens with zero attached hydrogens (tertiary/aromatic N) is 3. The van der Waals surface area contributed by atoms with E-state index in [9.17, 15) is 9.90 Å². The second-order valence-corrected chi connectivity index (χ2v) is 6.24. The molecule has 1 aromatic rings. The zero-order chi connectivity index (χ0) is 15.4. The molecule has 1 saturated heterocycles. The van der Waals surface area contributed by atoms with Crippen LogP contribution in [0, 0.1) is 6.92 Å². The number of aromatic hydroxyl groups is 1. The molecule has 0 radical (unpaired) electrons. The van der Waals surface area contributed by atoms with Crippen LogP contribution in [0.4, 0.5) is 0 Å². The van der Waals surface area contributed by atoms with Crippen LogP contribution < -0.4 is 5.43 Å².